The van der Waals surface area contributed by atoms with Crippen LogP contribution in [0.15, 0.2) is 18.6 Å². The van der Waals surface area contributed by atoms with Gasteiger partial charge in [0.25, 0.3) is 5.91 Å². The van der Waals surface area contributed by atoms with Gasteiger partial charge in [0.1, 0.15) is 5.69 Å². The van der Waals surface area contributed by atoms with Gasteiger partial charge in [-0.3, -0.25) is 14.7 Å². The van der Waals surface area contributed by atoms with Crippen molar-refractivity contribution in [2.24, 2.45) is 11.8 Å². The van der Waals surface area contributed by atoms with E-state index >= 15 is 0 Å². The second-order valence-corrected chi connectivity index (χ2v) is 8.28. The van der Waals surface area contributed by atoms with E-state index in [9.17, 15) is 22.8 Å². The lowest BCUT2D eigenvalue weighted by molar-refractivity contribution is -0.141. The number of likely N-dealkylation sites (tertiary alicyclic amines) is 2. The highest BCUT2D eigenvalue weighted by Crippen LogP contribution is 2.32. The lowest BCUT2D eigenvalue weighted by Crippen LogP contribution is -2.43. The maximum Gasteiger partial charge on any atom is 0.432 e. The highest BCUT2D eigenvalue weighted by Gasteiger charge is 2.37. The van der Waals surface area contributed by atoms with Crippen LogP contribution in [0.1, 0.15) is 47.6 Å². The molecule has 2 saturated heterocycles. The fourth-order valence-corrected chi connectivity index (χ4v) is 4.54. The summed E-state index contributed by atoms with van der Waals surface area (Å²) in [5.41, 5.74) is -0.308. The minimum absolute atomic E-state index is 0.108. The molecule has 2 fully saturated rings. The molecule has 0 saturated carbocycles. The Morgan fingerprint density at radius 2 is 1.90 bits per heavy atom. The molecule has 2 aromatic rings. The summed E-state index contributed by atoms with van der Waals surface area (Å²) in [6, 6.07) is 0.765. The molecular weight excluding hydrogens is 413 g/mol. The summed E-state index contributed by atoms with van der Waals surface area (Å²) in [7, 11) is 0. The zero-order valence-corrected chi connectivity index (χ0v) is 17.0. The molecule has 0 radical (unpaired) electrons. The molecule has 2 aliphatic rings. The molecule has 0 aromatic carbocycles. The van der Waals surface area contributed by atoms with Gasteiger partial charge in [0, 0.05) is 50.6 Å². The van der Waals surface area contributed by atoms with Gasteiger partial charge in [0.2, 0.25) is 5.91 Å². The molecule has 11 heteroatoms. The monoisotopic (exact) mass is 438 g/mol. The average Bonchev–Trinajstić information content (AvgIpc) is 3.52. The number of piperidine rings is 1. The largest absolute Gasteiger partial charge is 0.432 e. The molecule has 31 heavy (non-hydrogen) atoms. The third kappa shape index (κ3) is 4.91. The summed E-state index contributed by atoms with van der Waals surface area (Å²) in [5, 5.41) is 5.46. The third-order valence-corrected chi connectivity index (χ3v) is 6.25. The number of nitrogens with zero attached hydrogens (tertiary/aromatic N) is 4. The van der Waals surface area contributed by atoms with Gasteiger partial charge in [-0.25, -0.2) is 4.98 Å². The number of halogens is 3. The third-order valence-electron chi connectivity index (χ3n) is 6.25. The Morgan fingerprint density at radius 1 is 1.13 bits per heavy atom. The topological polar surface area (TPSA) is 98.0 Å². The van der Waals surface area contributed by atoms with Crippen LogP contribution < -0.4 is 0 Å². The Kier molecular flexibility index (Phi) is 6.01. The Morgan fingerprint density at radius 3 is 2.61 bits per heavy atom. The molecule has 2 atom stereocenters. The zero-order valence-electron chi connectivity index (χ0n) is 17.0. The van der Waals surface area contributed by atoms with E-state index in [1.54, 1.807) is 17.4 Å². The number of hydrogen-bond donors (Lipinski definition) is 2. The molecule has 0 bridgehead atoms. The van der Waals surface area contributed by atoms with Crippen molar-refractivity contribution in [1.82, 2.24) is 30.0 Å². The van der Waals surface area contributed by atoms with Crippen LogP contribution in [0.4, 0.5) is 13.2 Å². The number of aromatic nitrogens is 4. The van der Waals surface area contributed by atoms with Crippen LogP contribution in [0.2, 0.25) is 0 Å². The molecule has 2 aromatic heterocycles. The normalized spacial score (nSPS) is 22.2. The zero-order chi connectivity index (χ0) is 22.0. The van der Waals surface area contributed by atoms with E-state index in [0.717, 1.165) is 31.0 Å². The van der Waals surface area contributed by atoms with E-state index in [1.807, 2.05) is 10.00 Å². The second-order valence-electron chi connectivity index (χ2n) is 8.28. The van der Waals surface area contributed by atoms with Crippen molar-refractivity contribution in [3.63, 3.8) is 0 Å². The van der Waals surface area contributed by atoms with E-state index in [2.05, 4.69) is 15.1 Å². The molecule has 0 spiro atoms. The van der Waals surface area contributed by atoms with Crippen molar-refractivity contribution in [3.8, 4) is 0 Å². The number of carbonyl (C=O) groups is 2. The first-order chi connectivity index (χ1) is 14.8. The van der Waals surface area contributed by atoms with Crippen molar-refractivity contribution in [1.29, 1.82) is 0 Å². The molecule has 2 amide bonds. The smallest absolute Gasteiger partial charge is 0.348 e. The summed E-state index contributed by atoms with van der Waals surface area (Å²) in [4.78, 5) is 35.6. The molecule has 2 N–H and O–H groups in total. The molecule has 4 heterocycles. The van der Waals surface area contributed by atoms with Crippen molar-refractivity contribution >= 4 is 11.8 Å². The van der Waals surface area contributed by atoms with Crippen LogP contribution >= 0.6 is 0 Å². The quantitative estimate of drug-likeness (QED) is 0.750. The average molecular weight is 438 g/mol. The molecule has 4 rings (SSSR count). The van der Waals surface area contributed by atoms with Gasteiger partial charge in [-0.05, 0) is 37.5 Å². The van der Waals surface area contributed by atoms with Crippen molar-refractivity contribution < 1.29 is 22.8 Å². The predicted molar refractivity (Wildman–Crippen MR) is 104 cm³/mol. The minimum atomic E-state index is -4.56. The number of imidazole rings is 1. The summed E-state index contributed by atoms with van der Waals surface area (Å²) in [6.45, 7) is 2.34. The fraction of sp³-hybridized carbons (Fsp3) is 0.600. The second kappa shape index (κ2) is 8.72. The fourth-order valence-electron chi connectivity index (χ4n) is 4.54. The predicted octanol–water partition coefficient (Wildman–Crippen LogP) is 2.49. The van der Waals surface area contributed by atoms with Crippen LogP contribution in [-0.2, 0) is 17.4 Å². The van der Waals surface area contributed by atoms with Crippen LogP contribution in [0.25, 0.3) is 0 Å². The number of rotatable bonds is 5. The number of carbonyl (C=O) groups excluding carboxylic acids is 2. The molecule has 0 aliphatic carbocycles. The summed E-state index contributed by atoms with van der Waals surface area (Å²) in [5.74, 6) is 0.139. The van der Waals surface area contributed by atoms with Crippen molar-refractivity contribution in [2.45, 2.75) is 38.3 Å². The van der Waals surface area contributed by atoms with Gasteiger partial charge in [-0.15, -0.1) is 0 Å². The Bertz CT molecular complexity index is 910. The number of aryl methyl sites for hydroxylation is 1. The van der Waals surface area contributed by atoms with Crippen molar-refractivity contribution in [2.75, 3.05) is 26.2 Å². The first kappa shape index (κ1) is 21.4. The summed E-state index contributed by atoms with van der Waals surface area (Å²) >= 11 is 0. The number of amides is 2. The Labute approximate surface area is 177 Å². The van der Waals surface area contributed by atoms with Gasteiger partial charge in [-0.1, -0.05) is 0 Å². The number of nitrogens with one attached hydrogen (secondary N) is 2. The van der Waals surface area contributed by atoms with E-state index in [-0.39, 0.29) is 23.4 Å². The van der Waals surface area contributed by atoms with Crippen LogP contribution in [0.3, 0.4) is 0 Å². The molecule has 2 unspecified atom stereocenters. The van der Waals surface area contributed by atoms with Gasteiger partial charge in [0.05, 0.1) is 6.33 Å². The maximum atomic E-state index is 12.8. The van der Waals surface area contributed by atoms with Gasteiger partial charge in [-0.2, -0.15) is 18.3 Å². The van der Waals surface area contributed by atoms with Crippen LogP contribution in [0.5, 0.6) is 0 Å². The Hall–Kier alpha value is -2.85. The number of alkyl halides is 3. The maximum absolute atomic E-state index is 12.8. The number of aromatic amines is 2. The van der Waals surface area contributed by atoms with Gasteiger partial charge >= 0.3 is 6.18 Å². The lowest BCUT2D eigenvalue weighted by atomic mass is 9.85. The standard InChI is InChI=1S/C20H25F3N6O2/c21-20(22,23)17-8-16(26-27-17)19(31)29-6-1-2-13(11-29)14-5-7-28(10-14)18(30)4-3-15-9-24-12-25-15/h8-9,12-14H,1-7,10-11H2,(H,24,25)(H,26,27). The molecule has 168 valence electrons. The SMILES string of the molecule is O=C(CCc1cnc[nH]1)N1CCC(C2CCCN(C(=O)c3cc(C(F)(F)F)[nH]n3)C2)C1. The van der Waals surface area contributed by atoms with E-state index < -0.39 is 17.8 Å². The van der Waals surface area contributed by atoms with Crippen LogP contribution in [0, 0.1) is 11.8 Å². The van der Waals surface area contributed by atoms with Crippen molar-refractivity contribution in [3.05, 3.63) is 35.7 Å². The Balaban J connectivity index is 1.31. The highest BCUT2D eigenvalue weighted by atomic mass is 19.4. The van der Waals surface area contributed by atoms with E-state index in [4.69, 9.17) is 0 Å². The molecule has 8 nitrogen and oxygen atoms in total. The van der Waals surface area contributed by atoms with Gasteiger partial charge in [0.15, 0.2) is 5.69 Å². The van der Waals surface area contributed by atoms with Gasteiger partial charge < -0.3 is 14.8 Å². The summed E-state index contributed by atoms with van der Waals surface area (Å²) in [6.07, 6.45) is 2.39. The van der Waals surface area contributed by atoms with Crippen LogP contribution in [-0.4, -0.2) is 68.0 Å². The highest BCUT2D eigenvalue weighted by molar-refractivity contribution is 5.92. The minimum Gasteiger partial charge on any atom is -0.348 e. The van der Waals surface area contributed by atoms with E-state index in [1.165, 1.54) is 0 Å². The summed E-state index contributed by atoms with van der Waals surface area (Å²) < 4.78 is 38.3. The lowest BCUT2D eigenvalue weighted by Gasteiger charge is -2.35. The number of H-pyrrole nitrogens is 2. The first-order valence-corrected chi connectivity index (χ1v) is 10.5. The molecular formula is C20H25F3N6O2. The number of hydrogen-bond acceptors (Lipinski definition) is 4. The first-order valence-electron chi connectivity index (χ1n) is 10.5. The van der Waals surface area contributed by atoms with E-state index in [0.29, 0.717) is 39.0 Å². The molecule has 2 aliphatic heterocycles.